The van der Waals surface area contributed by atoms with E-state index in [4.69, 9.17) is 5.73 Å². The normalized spacial score (nSPS) is 14.3. The zero-order valence-corrected chi connectivity index (χ0v) is 11.4. The highest BCUT2D eigenvalue weighted by Crippen LogP contribution is 2.34. The van der Waals surface area contributed by atoms with Crippen LogP contribution in [-0.4, -0.2) is 15.0 Å². The van der Waals surface area contributed by atoms with Gasteiger partial charge in [0.1, 0.15) is 10.7 Å². The Balaban J connectivity index is 2.10. The molecule has 2 N–H and O–H groups in total. The van der Waals surface area contributed by atoms with Crippen LogP contribution in [0.3, 0.4) is 0 Å². The van der Waals surface area contributed by atoms with Crippen molar-refractivity contribution in [1.29, 1.82) is 0 Å². The van der Waals surface area contributed by atoms with Gasteiger partial charge >= 0.3 is 0 Å². The summed E-state index contributed by atoms with van der Waals surface area (Å²) < 4.78 is 39.7. The SMILES string of the molecule is Nc1cc(F)ccc1S(=O)(=O)N1CCc2ccccc21. The standard InChI is InChI=1S/C14H13FN2O2S/c15-11-5-6-14(12(16)9-11)20(18,19)17-8-7-10-3-1-2-4-13(10)17/h1-6,9H,7-8,16H2. The van der Waals surface area contributed by atoms with Crippen molar-refractivity contribution in [2.75, 3.05) is 16.6 Å². The van der Waals surface area contributed by atoms with E-state index in [9.17, 15) is 12.8 Å². The number of para-hydroxylation sites is 1. The van der Waals surface area contributed by atoms with Crippen LogP contribution in [0.5, 0.6) is 0 Å². The van der Waals surface area contributed by atoms with Crippen molar-refractivity contribution >= 4 is 21.4 Å². The molecule has 0 saturated carbocycles. The maximum Gasteiger partial charge on any atom is 0.266 e. The number of hydrogen-bond donors (Lipinski definition) is 1. The molecule has 2 aromatic rings. The quantitative estimate of drug-likeness (QED) is 0.863. The third kappa shape index (κ3) is 1.92. The first-order chi connectivity index (χ1) is 9.50. The summed E-state index contributed by atoms with van der Waals surface area (Å²) in [6.45, 7) is 0.374. The molecule has 20 heavy (non-hydrogen) atoms. The molecule has 0 aliphatic carbocycles. The fourth-order valence-corrected chi connectivity index (χ4v) is 4.03. The molecular weight excluding hydrogens is 279 g/mol. The minimum Gasteiger partial charge on any atom is -0.398 e. The third-order valence-electron chi connectivity index (χ3n) is 3.38. The number of sulfonamides is 1. The highest BCUT2D eigenvalue weighted by atomic mass is 32.2. The second-order valence-electron chi connectivity index (χ2n) is 4.64. The molecule has 0 aromatic heterocycles. The highest BCUT2D eigenvalue weighted by molar-refractivity contribution is 7.93. The molecule has 0 unspecified atom stereocenters. The third-order valence-corrected chi connectivity index (χ3v) is 5.27. The van der Waals surface area contributed by atoms with Crippen LogP contribution in [-0.2, 0) is 16.4 Å². The summed E-state index contributed by atoms with van der Waals surface area (Å²) in [5.41, 5.74) is 7.22. The predicted octanol–water partition coefficient (Wildman–Crippen LogP) is 2.16. The first-order valence-electron chi connectivity index (χ1n) is 6.16. The Morgan fingerprint density at radius 3 is 2.65 bits per heavy atom. The fraction of sp³-hybridized carbons (Fsp3) is 0.143. The molecule has 1 aliphatic rings. The van der Waals surface area contributed by atoms with Gasteiger partial charge in [-0.25, -0.2) is 12.8 Å². The lowest BCUT2D eigenvalue weighted by Crippen LogP contribution is -2.29. The summed E-state index contributed by atoms with van der Waals surface area (Å²) in [7, 11) is -3.76. The molecule has 4 nitrogen and oxygen atoms in total. The second-order valence-corrected chi connectivity index (χ2v) is 6.47. The molecule has 0 atom stereocenters. The van der Waals surface area contributed by atoms with Gasteiger partial charge < -0.3 is 5.73 Å². The summed E-state index contributed by atoms with van der Waals surface area (Å²) in [5, 5.41) is 0. The first-order valence-corrected chi connectivity index (χ1v) is 7.60. The largest absolute Gasteiger partial charge is 0.398 e. The lowest BCUT2D eigenvalue weighted by atomic mass is 10.2. The van der Waals surface area contributed by atoms with E-state index in [-0.39, 0.29) is 10.6 Å². The molecule has 0 fully saturated rings. The van der Waals surface area contributed by atoms with Crippen LogP contribution in [0.1, 0.15) is 5.56 Å². The highest BCUT2D eigenvalue weighted by Gasteiger charge is 2.31. The molecule has 104 valence electrons. The Morgan fingerprint density at radius 2 is 1.90 bits per heavy atom. The van der Waals surface area contributed by atoms with Crippen LogP contribution in [0, 0.1) is 5.82 Å². The van der Waals surface area contributed by atoms with Gasteiger partial charge in [-0.1, -0.05) is 18.2 Å². The minimum atomic E-state index is -3.76. The lowest BCUT2D eigenvalue weighted by Gasteiger charge is -2.20. The Kier molecular flexibility index (Phi) is 2.90. The number of anilines is 2. The minimum absolute atomic E-state index is 0.0596. The predicted molar refractivity (Wildman–Crippen MR) is 75.5 cm³/mol. The van der Waals surface area contributed by atoms with Crippen molar-refractivity contribution in [2.24, 2.45) is 0 Å². The average Bonchev–Trinajstić information content (AvgIpc) is 2.82. The Hall–Kier alpha value is -2.08. The number of halogens is 1. The van der Waals surface area contributed by atoms with E-state index in [0.29, 0.717) is 18.7 Å². The summed E-state index contributed by atoms with van der Waals surface area (Å²) in [5.74, 6) is -0.553. The lowest BCUT2D eigenvalue weighted by molar-refractivity contribution is 0.591. The monoisotopic (exact) mass is 292 g/mol. The van der Waals surface area contributed by atoms with Gasteiger partial charge in [0.2, 0.25) is 0 Å². The fourth-order valence-electron chi connectivity index (χ4n) is 2.43. The summed E-state index contributed by atoms with van der Waals surface area (Å²) >= 11 is 0. The van der Waals surface area contributed by atoms with E-state index in [0.717, 1.165) is 17.7 Å². The van der Waals surface area contributed by atoms with Crippen LogP contribution < -0.4 is 10.0 Å². The molecule has 0 amide bonds. The summed E-state index contributed by atoms with van der Waals surface area (Å²) in [4.78, 5) is -0.0596. The van der Waals surface area contributed by atoms with Crippen LogP contribution in [0.15, 0.2) is 47.4 Å². The Labute approximate surface area is 116 Å². The van der Waals surface area contributed by atoms with Gasteiger partial charge in [0.25, 0.3) is 10.0 Å². The van der Waals surface area contributed by atoms with Crippen molar-refractivity contribution < 1.29 is 12.8 Å². The maximum atomic E-state index is 13.1. The molecule has 0 spiro atoms. The van der Waals surface area contributed by atoms with Gasteiger partial charge in [0, 0.05) is 6.54 Å². The zero-order valence-electron chi connectivity index (χ0n) is 10.6. The molecule has 6 heteroatoms. The average molecular weight is 292 g/mol. The first kappa shape index (κ1) is 12.9. The van der Waals surface area contributed by atoms with Crippen LogP contribution in [0.2, 0.25) is 0 Å². The van der Waals surface area contributed by atoms with Crippen LogP contribution in [0.4, 0.5) is 15.8 Å². The number of fused-ring (bicyclic) bond motifs is 1. The molecule has 0 bridgehead atoms. The van der Waals surface area contributed by atoms with Crippen molar-refractivity contribution in [1.82, 2.24) is 0 Å². The molecule has 0 saturated heterocycles. The Morgan fingerprint density at radius 1 is 1.15 bits per heavy atom. The van der Waals surface area contributed by atoms with Gasteiger partial charge in [-0.3, -0.25) is 4.31 Å². The van der Waals surface area contributed by atoms with Crippen molar-refractivity contribution in [3.63, 3.8) is 0 Å². The van der Waals surface area contributed by atoms with E-state index >= 15 is 0 Å². The molecule has 1 aliphatic heterocycles. The van der Waals surface area contributed by atoms with Crippen LogP contribution >= 0.6 is 0 Å². The van der Waals surface area contributed by atoms with Crippen LogP contribution in [0.25, 0.3) is 0 Å². The topological polar surface area (TPSA) is 63.4 Å². The van der Waals surface area contributed by atoms with E-state index in [1.54, 1.807) is 12.1 Å². The molecule has 2 aromatic carbocycles. The zero-order chi connectivity index (χ0) is 14.3. The van der Waals surface area contributed by atoms with E-state index in [1.165, 1.54) is 10.4 Å². The second kappa shape index (κ2) is 4.49. The smallest absolute Gasteiger partial charge is 0.266 e. The number of nitrogens with zero attached hydrogens (tertiary/aromatic N) is 1. The molecule has 3 rings (SSSR count). The van der Waals surface area contributed by atoms with Crippen molar-refractivity contribution in [3.8, 4) is 0 Å². The summed E-state index contributed by atoms with van der Waals surface area (Å²) in [6.07, 6.45) is 0.663. The molecule has 1 heterocycles. The summed E-state index contributed by atoms with van der Waals surface area (Å²) in [6, 6.07) is 10.7. The number of benzene rings is 2. The molecule has 0 radical (unpaired) electrons. The number of nitrogen functional groups attached to an aromatic ring is 1. The van der Waals surface area contributed by atoms with Crippen molar-refractivity contribution in [2.45, 2.75) is 11.3 Å². The Bertz CT molecular complexity index is 774. The van der Waals surface area contributed by atoms with E-state index < -0.39 is 15.8 Å². The number of rotatable bonds is 2. The van der Waals surface area contributed by atoms with E-state index in [2.05, 4.69) is 0 Å². The van der Waals surface area contributed by atoms with Gasteiger partial charge in [0.05, 0.1) is 11.4 Å². The van der Waals surface area contributed by atoms with Crippen molar-refractivity contribution in [3.05, 3.63) is 53.8 Å². The van der Waals surface area contributed by atoms with Gasteiger partial charge in [-0.2, -0.15) is 0 Å². The number of hydrogen-bond acceptors (Lipinski definition) is 3. The van der Waals surface area contributed by atoms with Gasteiger partial charge in [-0.15, -0.1) is 0 Å². The van der Waals surface area contributed by atoms with Gasteiger partial charge in [-0.05, 0) is 36.2 Å². The van der Waals surface area contributed by atoms with Gasteiger partial charge in [0.15, 0.2) is 0 Å². The van der Waals surface area contributed by atoms with E-state index in [1.807, 2.05) is 12.1 Å². The maximum absolute atomic E-state index is 13.1. The molecular formula is C14H13FN2O2S. The number of nitrogens with two attached hydrogens (primary N) is 1.